The SMILES string of the molecule is COc1ccc(C=CC(=O)O)c2c1oc1cnccc12. The van der Waals surface area contributed by atoms with Gasteiger partial charge in [-0.25, -0.2) is 4.79 Å². The van der Waals surface area contributed by atoms with Crippen LogP contribution in [-0.4, -0.2) is 23.2 Å². The highest BCUT2D eigenvalue weighted by Crippen LogP contribution is 2.37. The van der Waals surface area contributed by atoms with Crippen molar-refractivity contribution in [3.63, 3.8) is 0 Å². The molecule has 1 aromatic carbocycles. The van der Waals surface area contributed by atoms with Crippen LogP contribution < -0.4 is 4.74 Å². The number of carboxylic acid groups (broad SMARTS) is 1. The topological polar surface area (TPSA) is 72.6 Å². The molecule has 0 aliphatic rings. The molecule has 2 heterocycles. The summed E-state index contributed by atoms with van der Waals surface area (Å²) in [4.78, 5) is 14.7. The van der Waals surface area contributed by atoms with Crippen LogP contribution in [0.25, 0.3) is 28.0 Å². The van der Waals surface area contributed by atoms with Crippen LogP contribution in [0.5, 0.6) is 5.75 Å². The number of aliphatic carboxylic acids is 1. The predicted molar refractivity (Wildman–Crippen MR) is 74.7 cm³/mol. The molecule has 0 atom stereocenters. The van der Waals surface area contributed by atoms with Gasteiger partial charge in [0.1, 0.15) is 0 Å². The first kappa shape index (κ1) is 12.2. The first-order valence-electron chi connectivity index (χ1n) is 5.95. The zero-order chi connectivity index (χ0) is 14.1. The van der Waals surface area contributed by atoms with Gasteiger partial charge in [0.2, 0.25) is 0 Å². The van der Waals surface area contributed by atoms with E-state index in [1.54, 1.807) is 37.7 Å². The highest BCUT2D eigenvalue weighted by molar-refractivity contribution is 6.11. The van der Waals surface area contributed by atoms with Gasteiger partial charge in [-0.15, -0.1) is 0 Å². The molecule has 0 fully saturated rings. The van der Waals surface area contributed by atoms with E-state index >= 15 is 0 Å². The molecule has 2 aromatic heterocycles. The fourth-order valence-corrected chi connectivity index (χ4v) is 2.20. The van der Waals surface area contributed by atoms with Crippen LogP contribution in [0.3, 0.4) is 0 Å². The zero-order valence-electron chi connectivity index (χ0n) is 10.7. The van der Waals surface area contributed by atoms with Gasteiger partial charge in [-0.1, -0.05) is 6.07 Å². The zero-order valence-corrected chi connectivity index (χ0v) is 10.7. The third-order valence-corrected chi connectivity index (χ3v) is 3.05. The second-order valence-electron chi connectivity index (χ2n) is 4.21. The van der Waals surface area contributed by atoms with E-state index in [1.807, 2.05) is 6.07 Å². The van der Waals surface area contributed by atoms with Crippen molar-refractivity contribution in [2.75, 3.05) is 7.11 Å². The summed E-state index contributed by atoms with van der Waals surface area (Å²) in [5.74, 6) is -0.396. The van der Waals surface area contributed by atoms with Crippen molar-refractivity contribution in [2.45, 2.75) is 0 Å². The minimum atomic E-state index is -0.997. The van der Waals surface area contributed by atoms with Gasteiger partial charge in [-0.2, -0.15) is 0 Å². The molecule has 0 unspecified atom stereocenters. The van der Waals surface area contributed by atoms with E-state index in [0.29, 0.717) is 16.9 Å². The average Bonchev–Trinajstić information content (AvgIpc) is 2.84. The lowest BCUT2D eigenvalue weighted by Gasteiger charge is -2.02. The average molecular weight is 269 g/mol. The van der Waals surface area contributed by atoms with Crippen LogP contribution in [0.4, 0.5) is 0 Å². The number of hydrogen-bond acceptors (Lipinski definition) is 4. The molecular weight excluding hydrogens is 258 g/mol. The summed E-state index contributed by atoms with van der Waals surface area (Å²) in [6.07, 6.45) is 5.93. The fourth-order valence-electron chi connectivity index (χ4n) is 2.20. The van der Waals surface area contributed by atoms with Crippen molar-refractivity contribution in [3.8, 4) is 5.75 Å². The number of rotatable bonds is 3. The molecule has 0 bridgehead atoms. The van der Waals surface area contributed by atoms with Crippen molar-refractivity contribution >= 4 is 34.0 Å². The lowest BCUT2D eigenvalue weighted by Crippen LogP contribution is -1.87. The van der Waals surface area contributed by atoms with Crippen molar-refractivity contribution in [1.29, 1.82) is 0 Å². The van der Waals surface area contributed by atoms with E-state index in [9.17, 15) is 4.79 Å². The molecule has 3 aromatic rings. The second kappa shape index (κ2) is 4.70. The van der Waals surface area contributed by atoms with Gasteiger partial charge in [-0.05, 0) is 23.8 Å². The van der Waals surface area contributed by atoms with E-state index in [4.69, 9.17) is 14.3 Å². The Morgan fingerprint density at radius 3 is 3.00 bits per heavy atom. The summed E-state index contributed by atoms with van der Waals surface area (Å²) >= 11 is 0. The van der Waals surface area contributed by atoms with Gasteiger partial charge in [0.25, 0.3) is 0 Å². The minimum Gasteiger partial charge on any atom is -0.493 e. The molecule has 100 valence electrons. The number of aromatic nitrogens is 1. The fraction of sp³-hybridized carbons (Fsp3) is 0.0667. The van der Waals surface area contributed by atoms with Gasteiger partial charge >= 0.3 is 5.97 Å². The molecule has 0 spiro atoms. The third-order valence-electron chi connectivity index (χ3n) is 3.05. The maximum absolute atomic E-state index is 10.7. The smallest absolute Gasteiger partial charge is 0.328 e. The monoisotopic (exact) mass is 269 g/mol. The molecule has 0 saturated heterocycles. The third kappa shape index (κ3) is 1.89. The van der Waals surface area contributed by atoms with E-state index < -0.39 is 5.97 Å². The number of fused-ring (bicyclic) bond motifs is 3. The summed E-state index contributed by atoms with van der Waals surface area (Å²) in [5.41, 5.74) is 1.98. The first-order chi connectivity index (χ1) is 9.70. The molecule has 3 rings (SSSR count). The molecule has 20 heavy (non-hydrogen) atoms. The van der Waals surface area contributed by atoms with Gasteiger partial charge in [0.05, 0.1) is 13.3 Å². The summed E-state index contributed by atoms with van der Waals surface area (Å²) in [5, 5.41) is 10.5. The van der Waals surface area contributed by atoms with Gasteiger partial charge in [0, 0.05) is 23.0 Å². The molecule has 0 saturated carbocycles. The molecule has 1 N–H and O–H groups in total. The standard InChI is InChI=1S/C15H11NO4/c1-19-11-4-2-9(3-5-13(17)18)14-10-6-7-16-8-12(10)20-15(11)14/h2-8H,1H3,(H,17,18). The van der Waals surface area contributed by atoms with Crippen molar-refractivity contribution in [2.24, 2.45) is 0 Å². The number of benzene rings is 1. The molecule has 5 nitrogen and oxygen atoms in total. The first-order valence-corrected chi connectivity index (χ1v) is 5.95. The number of carboxylic acids is 1. The largest absolute Gasteiger partial charge is 0.493 e. The maximum atomic E-state index is 10.7. The van der Waals surface area contributed by atoms with Crippen LogP contribution in [-0.2, 0) is 4.79 Å². The Kier molecular flexibility index (Phi) is 2.87. The van der Waals surface area contributed by atoms with Crippen LogP contribution in [0.2, 0.25) is 0 Å². The Bertz CT molecular complexity index is 832. The molecule has 0 aliphatic carbocycles. The minimum absolute atomic E-state index is 0.586. The van der Waals surface area contributed by atoms with Crippen molar-refractivity contribution in [1.82, 2.24) is 4.98 Å². The number of methoxy groups -OCH3 is 1. The summed E-state index contributed by atoms with van der Waals surface area (Å²) in [6, 6.07) is 5.38. The van der Waals surface area contributed by atoms with Crippen LogP contribution in [0.15, 0.2) is 41.1 Å². The number of hydrogen-bond donors (Lipinski definition) is 1. The Morgan fingerprint density at radius 2 is 2.25 bits per heavy atom. The Balaban J connectivity index is 2.38. The van der Waals surface area contributed by atoms with Crippen molar-refractivity contribution in [3.05, 3.63) is 42.2 Å². The summed E-state index contributed by atoms with van der Waals surface area (Å²) < 4.78 is 11.0. The summed E-state index contributed by atoms with van der Waals surface area (Å²) in [7, 11) is 1.56. The van der Waals surface area contributed by atoms with Crippen LogP contribution in [0.1, 0.15) is 5.56 Å². The van der Waals surface area contributed by atoms with Crippen molar-refractivity contribution < 1.29 is 19.1 Å². The molecule has 0 aliphatic heterocycles. The van der Waals surface area contributed by atoms with Gasteiger partial charge in [0.15, 0.2) is 16.9 Å². The molecule has 5 heteroatoms. The molecular formula is C15H11NO4. The number of carbonyl (C=O) groups is 1. The second-order valence-corrected chi connectivity index (χ2v) is 4.21. The lowest BCUT2D eigenvalue weighted by molar-refractivity contribution is -0.131. The van der Waals surface area contributed by atoms with E-state index in [2.05, 4.69) is 4.98 Å². The Morgan fingerprint density at radius 1 is 1.40 bits per heavy atom. The van der Waals surface area contributed by atoms with Crippen LogP contribution >= 0.6 is 0 Å². The van der Waals surface area contributed by atoms with Gasteiger partial charge in [-0.3, -0.25) is 4.98 Å². The Labute approximate surface area is 114 Å². The normalized spacial score (nSPS) is 11.4. The van der Waals surface area contributed by atoms with E-state index in [-0.39, 0.29) is 0 Å². The highest BCUT2D eigenvalue weighted by Gasteiger charge is 2.14. The highest BCUT2D eigenvalue weighted by atomic mass is 16.5. The number of furan rings is 1. The number of pyridine rings is 1. The van der Waals surface area contributed by atoms with Gasteiger partial charge < -0.3 is 14.3 Å². The lowest BCUT2D eigenvalue weighted by atomic mass is 10.1. The number of nitrogens with zero attached hydrogens (tertiary/aromatic N) is 1. The predicted octanol–water partition coefficient (Wildman–Crippen LogP) is 3.09. The van der Waals surface area contributed by atoms with Crippen LogP contribution in [0, 0.1) is 0 Å². The Hall–Kier alpha value is -2.82. The van der Waals surface area contributed by atoms with E-state index in [0.717, 1.165) is 22.4 Å². The van der Waals surface area contributed by atoms with E-state index in [1.165, 1.54) is 0 Å². The maximum Gasteiger partial charge on any atom is 0.328 e. The molecule has 0 radical (unpaired) electrons. The molecule has 0 amide bonds. The number of ether oxygens (including phenoxy) is 1. The summed E-state index contributed by atoms with van der Waals surface area (Å²) in [6.45, 7) is 0. The quantitative estimate of drug-likeness (QED) is 0.740.